The first-order valence-electron chi connectivity index (χ1n) is 6.48. The lowest BCUT2D eigenvalue weighted by molar-refractivity contribution is 0.0730. The highest BCUT2D eigenvalue weighted by Crippen LogP contribution is 2.28. The molecule has 0 saturated carbocycles. The zero-order valence-electron chi connectivity index (χ0n) is 11.6. The lowest BCUT2D eigenvalue weighted by Crippen LogP contribution is -2.40. The maximum absolute atomic E-state index is 12.7. The maximum Gasteiger partial charge on any atom is 0.243 e. The molecule has 1 saturated heterocycles. The Morgan fingerprint density at radius 1 is 1.35 bits per heavy atom. The van der Waals surface area contributed by atoms with Gasteiger partial charge in [-0.1, -0.05) is 15.9 Å². The van der Waals surface area contributed by atoms with E-state index in [-0.39, 0.29) is 0 Å². The van der Waals surface area contributed by atoms with Crippen LogP contribution < -0.4 is 5.32 Å². The van der Waals surface area contributed by atoms with Crippen molar-refractivity contribution < 1.29 is 13.2 Å². The number of sulfonamides is 1. The predicted molar refractivity (Wildman–Crippen MR) is 81.2 cm³/mol. The minimum absolute atomic E-state index is 0.374. The molecule has 0 spiro atoms. The smallest absolute Gasteiger partial charge is 0.243 e. The molecule has 1 heterocycles. The van der Waals surface area contributed by atoms with Crippen LogP contribution in [0.15, 0.2) is 21.5 Å². The second kappa shape index (κ2) is 6.53. The molecule has 112 valence electrons. The number of hydrogen-bond donors (Lipinski definition) is 1. The third kappa shape index (κ3) is 3.23. The summed E-state index contributed by atoms with van der Waals surface area (Å²) in [5.74, 6) is 0. The van der Waals surface area contributed by atoms with E-state index in [0.29, 0.717) is 37.7 Å². The third-order valence-electron chi connectivity index (χ3n) is 3.33. The van der Waals surface area contributed by atoms with Crippen LogP contribution in [-0.4, -0.2) is 46.1 Å². The van der Waals surface area contributed by atoms with Gasteiger partial charge in [-0.15, -0.1) is 0 Å². The quantitative estimate of drug-likeness (QED) is 0.881. The highest BCUT2D eigenvalue weighted by molar-refractivity contribution is 9.10. The summed E-state index contributed by atoms with van der Waals surface area (Å²) in [6.07, 6.45) is 0. The molecule has 0 amide bonds. The fraction of sp³-hybridized carbons (Fsp3) is 0.538. The van der Waals surface area contributed by atoms with Crippen molar-refractivity contribution in [3.63, 3.8) is 0 Å². The van der Waals surface area contributed by atoms with Crippen molar-refractivity contribution in [3.8, 4) is 0 Å². The molecule has 7 heteroatoms. The summed E-state index contributed by atoms with van der Waals surface area (Å²) < 4.78 is 33.0. The molecule has 0 aromatic heterocycles. The van der Waals surface area contributed by atoms with Crippen LogP contribution in [-0.2, 0) is 21.3 Å². The fourth-order valence-electron chi connectivity index (χ4n) is 2.21. The Hall–Kier alpha value is -0.470. The third-order valence-corrected chi connectivity index (χ3v) is 6.17. The van der Waals surface area contributed by atoms with E-state index in [0.717, 1.165) is 15.6 Å². The molecule has 1 aromatic rings. The number of nitrogens with zero attached hydrogens (tertiary/aromatic N) is 1. The minimum Gasteiger partial charge on any atom is -0.379 e. The van der Waals surface area contributed by atoms with Crippen molar-refractivity contribution in [1.29, 1.82) is 0 Å². The van der Waals surface area contributed by atoms with Gasteiger partial charge in [0.1, 0.15) is 0 Å². The zero-order valence-corrected chi connectivity index (χ0v) is 14.1. The monoisotopic (exact) mass is 362 g/mol. The van der Waals surface area contributed by atoms with Crippen molar-refractivity contribution >= 4 is 26.0 Å². The van der Waals surface area contributed by atoms with Crippen molar-refractivity contribution in [2.24, 2.45) is 0 Å². The second-order valence-corrected chi connectivity index (χ2v) is 7.51. The Morgan fingerprint density at radius 2 is 2.00 bits per heavy atom. The molecule has 0 atom stereocenters. The molecule has 2 rings (SSSR count). The topological polar surface area (TPSA) is 58.6 Å². The maximum atomic E-state index is 12.7. The Labute approximate surface area is 128 Å². The zero-order chi connectivity index (χ0) is 14.8. The van der Waals surface area contributed by atoms with E-state index < -0.39 is 10.0 Å². The van der Waals surface area contributed by atoms with E-state index in [4.69, 9.17) is 4.74 Å². The average Bonchev–Trinajstić information content (AvgIpc) is 2.43. The number of morpholine rings is 1. The van der Waals surface area contributed by atoms with Crippen LogP contribution in [0, 0.1) is 6.92 Å². The fourth-order valence-corrected chi connectivity index (χ4v) is 4.55. The molecule has 0 bridgehead atoms. The molecule has 0 radical (unpaired) electrons. The average molecular weight is 363 g/mol. The van der Waals surface area contributed by atoms with E-state index in [1.54, 1.807) is 6.07 Å². The van der Waals surface area contributed by atoms with Gasteiger partial charge in [0, 0.05) is 24.1 Å². The number of hydrogen-bond acceptors (Lipinski definition) is 4. The number of benzene rings is 1. The SMILES string of the molecule is CNCc1cc(Br)c(C)c(S(=O)(=O)N2CCOCC2)c1. The number of halogens is 1. The van der Waals surface area contributed by atoms with Gasteiger partial charge in [-0.2, -0.15) is 4.31 Å². The van der Waals surface area contributed by atoms with Gasteiger partial charge < -0.3 is 10.1 Å². The number of rotatable bonds is 4. The predicted octanol–water partition coefficient (Wildman–Crippen LogP) is 1.50. The Morgan fingerprint density at radius 3 is 2.60 bits per heavy atom. The van der Waals surface area contributed by atoms with Crippen molar-refractivity contribution in [2.45, 2.75) is 18.4 Å². The summed E-state index contributed by atoms with van der Waals surface area (Å²) in [4.78, 5) is 0.374. The molecule has 1 N–H and O–H groups in total. The van der Waals surface area contributed by atoms with Crippen molar-refractivity contribution in [2.75, 3.05) is 33.4 Å². The standard InChI is InChI=1S/C13H19BrN2O3S/c1-10-12(14)7-11(9-15-2)8-13(10)20(17,18)16-3-5-19-6-4-16/h7-8,15H,3-6,9H2,1-2H3. The van der Waals surface area contributed by atoms with E-state index in [1.807, 2.05) is 20.0 Å². The summed E-state index contributed by atoms with van der Waals surface area (Å²) in [5, 5.41) is 3.04. The van der Waals surface area contributed by atoms with E-state index in [9.17, 15) is 8.42 Å². The summed E-state index contributed by atoms with van der Waals surface area (Å²) in [5.41, 5.74) is 1.69. The molecule has 5 nitrogen and oxygen atoms in total. The van der Waals surface area contributed by atoms with Crippen LogP contribution in [0.5, 0.6) is 0 Å². The molecule has 1 aromatic carbocycles. The van der Waals surface area contributed by atoms with Crippen LogP contribution >= 0.6 is 15.9 Å². The van der Waals surface area contributed by atoms with Gasteiger partial charge in [0.2, 0.25) is 10.0 Å². The van der Waals surface area contributed by atoms with Crippen LogP contribution in [0.4, 0.5) is 0 Å². The molecule has 20 heavy (non-hydrogen) atoms. The lowest BCUT2D eigenvalue weighted by atomic mass is 10.1. The van der Waals surface area contributed by atoms with E-state index in [2.05, 4.69) is 21.2 Å². The summed E-state index contributed by atoms with van der Waals surface area (Å²) >= 11 is 3.45. The molecule has 0 unspecified atom stereocenters. The number of ether oxygens (including phenoxy) is 1. The van der Waals surface area contributed by atoms with Gasteiger partial charge in [-0.25, -0.2) is 8.42 Å². The van der Waals surface area contributed by atoms with Crippen LogP contribution in [0.2, 0.25) is 0 Å². The Balaban J connectivity index is 2.44. The van der Waals surface area contributed by atoms with Gasteiger partial charge in [-0.3, -0.25) is 0 Å². The molecular formula is C13H19BrN2O3S. The summed E-state index contributed by atoms with van der Waals surface area (Å²) in [6, 6.07) is 3.70. The normalized spacial score (nSPS) is 17.4. The van der Waals surface area contributed by atoms with Crippen LogP contribution in [0.25, 0.3) is 0 Å². The lowest BCUT2D eigenvalue weighted by Gasteiger charge is -2.27. The van der Waals surface area contributed by atoms with E-state index in [1.165, 1.54) is 4.31 Å². The van der Waals surface area contributed by atoms with Crippen LogP contribution in [0.1, 0.15) is 11.1 Å². The molecular weight excluding hydrogens is 344 g/mol. The second-order valence-electron chi connectivity index (χ2n) is 4.75. The highest BCUT2D eigenvalue weighted by Gasteiger charge is 2.28. The summed E-state index contributed by atoms with van der Waals surface area (Å²) in [6.45, 7) is 4.18. The van der Waals surface area contributed by atoms with Crippen molar-refractivity contribution in [3.05, 3.63) is 27.7 Å². The first-order valence-corrected chi connectivity index (χ1v) is 8.71. The minimum atomic E-state index is -3.46. The van der Waals surface area contributed by atoms with Gasteiger partial charge >= 0.3 is 0 Å². The largest absolute Gasteiger partial charge is 0.379 e. The Bertz CT molecular complexity index is 584. The van der Waals surface area contributed by atoms with Crippen LogP contribution in [0.3, 0.4) is 0 Å². The van der Waals surface area contributed by atoms with E-state index >= 15 is 0 Å². The van der Waals surface area contributed by atoms with Crippen molar-refractivity contribution in [1.82, 2.24) is 9.62 Å². The van der Waals surface area contributed by atoms with Gasteiger partial charge in [0.05, 0.1) is 18.1 Å². The molecule has 1 aliphatic heterocycles. The summed E-state index contributed by atoms with van der Waals surface area (Å²) in [7, 11) is -1.62. The van der Waals surface area contributed by atoms with Gasteiger partial charge in [-0.05, 0) is 37.2 Å². The molecule has 0 aliphatic carbocycles. The molecule has 1 fully saturated rings. The first kappa shape index (κ1) is 15.9. The number of nitrogens with one attached hydrogen (secondary N) is 1. The molecule has 1 aliphatic rings. The van der Waals surface area contributed by atoms with Gasteiger partial charge in [0.25, 0.3) is 0 Å². The van der Waals surface area contributed by atoms with Gasteiger partial charge in [0.15, 0.2) is 0 Å². The first-order chi connectivity index (χ1) is 9.46. The highest BCUT2D eigenvalue weighted by atomic mass is 79.9. The Kier molecular flexibility index (Phi) is 5.19.